The molecule has 0 heterocycles. The van der Waals surface area contributed by atoms with Crippen LogP contribution in [0.5, 0.6) is 0 Å². The van der Waals surface area contributed by atoms with Gasteiger partial charge in [-0.05, 0) is 74.9 Å². The van der Waals surface area contributed by atoms with Gasteiger partial charge in [-0.25, -0.2) is 0 Å². The minimum Gasteiger partial charge on any atom is -0.0763 e. The van der Waals surface area contributed by atoms with Crippen molar-refractivity contribution in [2.45, 2.75) is 41.0 Å². The van der Waals surface area contributed by atoms with Crippen molar-refractivity contribution in [3.05, 3.63) is 86.1 Å². The van der Waals surface area contributed by atoms with Crippen LogP contribution in [-0.4, -0.2) is 0 Å². The van der Waals surface area contributed by atoms with Crippen molar-refractivity contribution >= 4 is 17.2 Å². The number of hydrogen-bond acceptors (Lipinski definition) is 0. The lowest BCUT2D eigenvalue weighted by atomic mass is 9.87. The van der Waals surface area contributed by atoms with Gasteiger partial charge < -0.3 is 0 Å². The minimum absolute atomic E-state index is 0.206. The Balaban J connectivity index is 2.05. The molecule has 2 aliphatic rings. The average Bonchev–Trinajstić information content (AvgIpc) is 3.18. The molecule has 2 aromatic rings. The summed E-state index contributed by atoms with van der Waals surface area (Å²) >= 11 is 0. The van der Waals surface area contributed by atoms with Crippen molar-refractivity contribution < 1.29 is 0 Å². The van der Waals surface area contributed by atoms with E-state index in [4.69, 9.17) is 0 Å². The SMILES string of the molecule is CC(C)=c1ccc2c(c1C1=CC(C(C)(C)C)=CC1)C=c1ccccc1=2. The van der Waals surface area contributed by atoms with Crippen LogP contribution in [0.15, 0.2) is 54.1 Å². The molecule has 0 bridgehead atoms. The summed E-state index contributed by atoms with van der Waals surface area (Å²) in [6, 6.07) is 13.4. The molecule has 0 spiro atoms. The van der Waals surface area contributed by atoms with E-state index in [0.29, 0.717) is 0 Å². The molecule has 0 nitrogen and oxygen atoms in total. The van der Waals surface area contributed by atoms with Crippen LogP contribution in [-0.2, 0) is 0 Å². The zero-order valence-corrected chi connectivity index (χ0v) is 15.9. The van der Waals surface area contributed by atoms with Crippen molar-refractivity contribution in [1.82, 2.24) is 0 Å². The quantitative estimate of drug-likeness (QED) is 0.586. The maximum atomic E-state index is 2.43. The van der Waals surface area contributed by atoms with Crippen LogP contribution in [0, 0.1) is 15.9 Å². The Hall–Kier alpha value is -2.34. The molecule has 126 valence electrons. The summed E-state index contributed by atoms with van der Waals surface area (Å²) in [5.74, 6) is 0. The summed E-state index contributed by atoms with van der Waals surface area (Å²) < 4.78 is 0. The molecular weight excluding hydrogens is 300 g/mol. The Bertz CT molecular complexity index is 1140. The van der Waals surface area contributed by atoms with Crippen LogP contribution in [0.3, 0.4) is 0 Å². The van der Waals surface area contributed by atoms with E-state index in [1.54, 1.807) is 0 Å². The van der Waals surface area contributed by atoms with Gasteiger partial charge in [0.05, 0.1) is 0 Å². The van der Waals surface area contributed by atoms with Gasteiger partial charge in [-0.1, -0.05) is 74.9 Å². The van der Waals surface area contributed by atoms with Gasteiger partial charge in [-0.3, -0.25) is 0 Å². The molecule has 0 aromatic heterocycles. The van der Waals surface area contributed by atoms with E-state index in [0.717, 1.165) is 6.42 Å². The summed E-state index contributed by atoms with van der Waals surface area (Å²) in [6.45, 7) is 11.3. The molecular formula is C25H26. The second-order valence-electron chi connectivity index (χ2n) is 8.46. The Kier molecular flexibility index (Phi) is 3.61. The van der Waals surface area contributed by atoms with E-state index in [2.05, 4.69) is 89.2 Å². The van der Waals surface area contributed by atoms with Crippen LogP contribution in [0.1, 0.15) is 52.2 Å². The standard InChI is InChI=1S/C25H26/c1-16(2)20-12-13-22-21-9-7-6-8-17(21)15-23(22)24(20)18-10-11-19(14-18)25(3,4)5/h6-9,11-15H,10H2,1-5H3. The lowest BCUT2D eigenvalue weighted by Crippen LogP contribution is -2.13. The summed E-state index contributed by atoms with van der Waals surface area (Å²) in [7, 11) is 0. The van der Waals surface area contributed by atoms with E-state index in [1.165, 1.54) is 48.7 Å². The van der Waals surface area contributed by atoms with E-state index in [9.17, 15) is 0 Å². The Labute approximate surface area is 150 Å². The number of fused-ring (bicyclic) bond motifs is 2. The number of allylic oxidation sites excluding steroid dienone is 4. The fourth-order valence-corrected chi connectivity index (χ4v) is 4.01. The van der Waals surface area contributed by atoms with Crippen molar-refractivity contribution in [3.8, 4) is 0 Å². The maximum Gasteiger partial charge on any atom is -0.00703 e. The van der Waals surface area contributed by atoms with Gasteiger partial charge in [-0.2, -0.15) is 0 Å². The molecule has 0 radical (unpaired) electrons. The number of hydrogen-bond donors (Lipinski definition) is 0. The average molecular weight is 326 g/mol. The topological polar surface area (TPSA) is 0 Å². The summed E-state index contributed by atoms with van der Waals surface area (Å²) in [6.07, 6.45) is 8.25. The summed E-state index contributed by atoms with van der Waals surface area (Å²) in [4.78, 5) is 0. The highest BCUT2D eigenvalue weighted by molar-refractivity contribution is 5.81. The summed E-state index contributed by atoms with van der Waals surface area (Å²) in [5.41, 5.74) is 7.33. The molecule has 0 amide bonds. The first-order valence-electron chi connectivity index (χ1n) is 9.19. The first-order valence-corrected chi connectivity index (χ1v) is 9.19. The van der Waals surface area contributed by atoms with Crippen LogP contribution in [0.25, 0.3) is 17.2 Å². The number of benzene rings is 2. The minimum atomic E-state index is 0.206. The summed E-state index contributed by atoms with van der Waals surface area (Å²) in [5, 5.41) is 5.47. The van der Waals surface area contributed by atoms with Gasteiger partial charge in [0, 0.05) is 0 Å². The fraction of sp³-hybridized carbons (Fsp3) is 0.280. The molecule has 0 N–H and O–H groups in total. The molecule has 2 aliphatic carbocycles. The van der Waals surface area contributed by atoms with Crippen molar-refractivity contribution in [2.24, 2.45) is 5.41 Å². The van der Waals surface area contributed by atoms with E-state index in [-0.39, 0.29) is 5.41 Å². The molecule has 0 fully saturated rings. The van der Waals surface area contributed by atoms with Crippen molar-refractivity contribution in [1.29, 1.82) is 0 Å². The Morgan fingerprint density at radius 3 is 2.32 bits per heavy atom. The molecule has 0 saturated heterocycles. The largest absolute Gasteiger partial charge is 0.0763 e. The molecule has 0 heteroatoms. The van der Waals surface area contributed by atoms with Gasteiger partial charge in [0.15, 0.2) is 0 Å². The smallest absolute Gasteiger partial charge is 0.00703 e. The van der Waals surface area contributed by atoms with Crippen molar-refractivity contribution in [3.63, 3.8) is 0 Å². The van der Waals surface area contributed by atoms with Gasteiger partial charge in [0.25, 0.3) is 0 Å². The van der Waals surface area contributed by atoms with Crippen LogP contribution >= 0.6 is 0 Å². The lowest BCUT2D eigenvalue weighted by molar-refractivity contribution is 0.518. The first-order chi connectivity index (χ1) is 11.9. The Morgan fingerprint density at radius 2 is 1.64 bits per heavy atom. The van der Waals surface area contributed by atoms with Gasteiger partial charge in [-0.15, -0.1) is 0 Å². The fourth-order valence-electron chi connectivity index (χ4n) is 4.01. The van der Waals surface area contributed by atoms with E-state index < -0.39 is 0 Å². The zero-order chi connectivity index (χ0) is 17.8. The van der Waals surface area contributed by atoms with E-state index >= 15 is 0 Å². The molecule has 0 aliphatic heterocycles. The third kappa shape index (κ3) is 2.61. The predicted octanol–water partition coefficient (Wildman–Crippen LogP) is 5.07. The Morgan fingerprint density at radius 1 is 0.880 bits per heavy atom. The van der Waals surface area contributed by atoms with Crippen LogP contribution in [0.4, 0.5) is 0 Å². The van der Waals surface area contributed by atoms with Gasteiger partial charge in [0.1, 0.15) is 0 Å². The molecule has 0 unspecified atom stereocenters. The monoisotopic (exact) mass is 326 g/mol. The third-order valence-corrected chi connectivity index (χ3v) is 5.39. The van der Waals surface area contributed by atoms with Gasteiger partial charge >= 0.3 is 0 Å². The van der Waals surface area contributed by atoms with Crippen LogP contribution < -0.4 is 10.4 Å². The first kappa shape index (κ1) is 16.1. The zero-order valence-electron chi connectivity index (χ0n) is 15.9. The second-order valence-corrected chi connectivity index (χ2v) is 8.46. The molecule has 0 saturated carbocycles. The van der Waals surface area contributed by atoms with Gasteiger partial charge in [0.2, 0.25) is 0 Å². The predicted molar refractivity (Wildman–Crippen MR) is 108 cm³/mol. The van der Waals surface area contributed by atoms with E-state index in [1.807, 2.05) is 0 Å². The van der Waals surface area contributed by atoms with Crippen LogP contribution in [0.2, 0.25) is 0 Å². The number of rotatable bonds is 1. The molecule has 25 heavy (non-hydrogen) atoms. The highest BCUT2D eigenvalue weighted by atomic mass is 14.3. The normalized spacial score (nSPS) is 15.2. The highest BCUT2D eigenvalue weighted by Crippen LogP contribution is 2.37. The lowest BCUT2D eigenvalue weighted by Gasteiger charge is -2.18. The molecule has 4 rings (SSSR count). The third-order valence-electron chi connectivity index (χ3n) is 5.39. The maximum absolute atomic E-state index is 2.43. The highest BCUT2D eigenvalue weighted by Gasteiger charge is 2.22. The van der Waals surface area contributed by atoms with Crippen molar-refractivity contribution in [2.75, 3.05) is 0 Å². The molecule has 0 atom stereocenters. The molecule has 2 aromatic carbocycles. The second kappa shape index (κ2) is 5.59.